The summed E-state index contributed by atoms with van der Waals surface area (Å²) in [4.78, 5) is 18.6. The summed E-state index contributed by atoms with van der Waals surface area (Å²) in [5.41, 5.74) is 0. The second kappa shape index (κ2) is 16.5. The number of hydrogen-bond acceptors (Lipinski definition) is 2. The Labute approximate surface area is 102 Å². The number of hydrogen-bond donors (Lipinski definition) is 3. The van der Waals surface area contributed by atoms with E-state index in [1.165, 1.54) is 25.7 Å². The van der Waals surface area contributed by atoms with Crippen LogP contribution in [-0.4, -0.2) is 27.4 Å². The second-order valence-electron chi connectivity index (χ2n) is 3.19. The molecule has 0 aliphatic carbocycles. The van der Waals surface area contributed by atoms with Gasteiger partial charge in [-0.05, 0) is 6.42 Å². The lowest BCUT2D eigenvalue weighted by molar-refractivity contribution is -0.137. The van der Waals surface area contributed by atoms with Gasteiger partial charge in [-0.3, -0.25) is 4.79 Å². The van der Waals surface area contributed by atoms with E-state index < -0.39 is 12.1 Å². The number of carboxylic acids is 1. The van der Waals surface area contributed by atoms with E-state index >= 15 is 0 Å². The minimum Gasteiger partial charge on any atom is -0.481 e. The van der Waals surface area contributed by atoms with Crippen molar-refractivity contribution in [2.45, 2.75) is 51.9 Å². The fraction of sp³-hybridized carbons (Fsp3) is 0.800. The van der Waals surface area contributed by atoms with E-state index in [1.807, 2.05) is 0 Å². The summed E-state index contributed by atoms with van der Waals surface area (Å²) >= 11 is 0. The Morgan fingerprint density at radius 2 is 1.25 bits per heavy atom. The van der Waals surface area contributed by atoms with Crippen molar-refractivity contribution in [3.05, 3.63) is 0 Å². The zero-order valence-corrected chi connectivity index (χ0v) is 10.3. The maximum Gasteiger partial charge on any atom is 0.503 e. The van der Waals surface area contributed by atoms with Gasteiger partial charge in [0.25, 0.3) is 0 Å². The Morgan fingerprint density at radius 1 is 0.875 bits per heavy atom. The van der Waals surface area contributed by atoms with Gasteiger partial charge < -0.3 is 15.3 Å². The first-order valence-electron chi connectivity index (χ1n) is 5.14. The molecule has 0 radical (unpaired) electrons. The molecule has 0 saturated heterocycles. The molecule has 0 aliphatic heterocycles. The van der Waals surface area contributed by atoms with Crippen LogP contribution in [0.15, 0.2) is 0 Å². The molecule has 0 atom stereocenters. The highest BCUT2D eigenvalue weighted by atomic mass is 35.5. The number of halogens is 1. The molecule has 0 amide bonds. The molecule has 0 heterocycles. The van der Waals surface area contributed by atoms with Crippen LogP contribution >= 0.6 is 12.4 Å². The third-order valence-electron chi connectivity index (χ3n) is 1.74. The van der Waals surface area contributed by atoms with E-state index in [4.69, 9.17) is 20.1 Å². The Bertz CT molecular complexity index is 169. The van der Waals surface area contributed by atoms with E-state index in [1.54, 1.807) is 0 Å². The summed E-state index contributed by atoms with van der Waals surface area (Å²) in [5.74, 6) is -0.666. The van der Waals surface area contributed by atoms with Crippen LogP contribution in [0.5, 0.6) is 0 Å². The number of rotatable bonds is 7. The molecule has 0 aromatic rings. The van der Waals surface area contributed by atoms with Crippen molar-refractivity contribution in [3.63, 3.8) is 0 Å². The van der Waals surface area contributed by atoms with Crippen LogP contribution in [0, 0.1) is 0 Å². The molecular weight excluding hydrogens is 236 g/mol. The van der Waals surface area contributed by atoms with Crippen molar-refractivity contribution in [1.82, 2.24) is 0 Å². The fourth-order valence-corrected chi connectivity index (χ4v) is 1.06. The lowest BCUT2D eigenvalue weighted by Crippen LogP contribution is -1.93. The average molecular weight is 257 g/mol. The standard InChI is InChI=1S/C9H18O2.CH2O3.ClH/c1-2-3-4-5-6-7-8-9(10)11;2-1(3)4;/h2-8H2,1H3,(H,10,11);(H2,2,3,4);1H. The zero-order chi connectivity index (χ0) is 12.1. The van der Waals surface area contributed by atoms with Gasteiger partial charge in [0.05, 0.1) is 0 Å². The predicted molar refractivity (Wildman–Crippen MR) is 63.5 cm³/mol. The van der Waals surface area contributed by atoms with Crippen LogP contribution < -0.4 is 0 Å². The van der Waals surface area contributed by atoms with Crippen LogP contribution in [-0.2, 0) is 4.79 Å². The SMILES string of the molecule is CCCCCCCCC(=O)O.Cl.O=C(O)O. The third kappa shape index (κ3) is 38.2. The Balaban J connectivity index is -0.000000292. The molecule has 3 N–H and O–H groups in total. The largest absolute Gasteiger partial charge is 0.503 e. The number of carboxylic acid groups (broad SMARTS) is 3. The molecule has 0 aliphatic rings. The zero-order valence-electron chi connectivity index (χ0n) is 9.52. The van der Waals surface area contributed by atoms with Crippen molar-refractivity contribution < 1.29 is 24.9 Å². The highest BCUT2D eigenvalue weighted by molar-refractivity contribution is 5.85. The number of carbonyl (C=O) groups is 2. The topological polar surface area (TPSA) is 94.8 Å². The summed E-state index contributed by atoms with van der Waals surface area (Å²) in [6.45, 7) is 2.18. The lowest BCUT2D eigenvalue weighted by Gasteiger charge is -1.97. The van der Waals surface area contributed by atoms with Crippen molar-refractivity contribution in [3.8, 4) is 0 Å². The molecular formula is C10H21ClO5. The van der Waals surface area contributed by atoms with Crippen molar-refractivity contribution >= 4 is 24.5 Å². The maximum atomic E-state index is 10.1. The molecule has 0 spiro atoms. The Morgan fingerprint density at radius 3 is 1.62 bits per heavy atom. The normalized spacial score (nSPS) is 8.31. The quantitative estimate of drug-likeness (QED) is 0.606. The highest BCUT2D eigenvalue weighted by Gasteiger charge is 1.95. The molecule has 16 heavy (non-hydrogen) atoms. The lowest BCUT2D eigenvalue weighted by atomic mass is 10.1. The predicted octanol–water partition coefficient (Wildman–Crippen LogP) is 3.47. The van der Waals surface area contributed by atoms with Crippen LogP contribution in [0.2, 0.25) is 0 Å². The smallest absolute Gasteiger partial charge is 0.481 e. The van der Waals surface area contributed by atoms with Crippen LogP contribution in [0.4, 0.5) is 4.79 Å². The highest BCUT2D eigenvalue weighted by Crippen LogP contribution is 2.06. The van der Waals surface area contributed by atoms with Crippen LogP contribution in [0.1, 0.15) is 51.9 Å². The van der Waals surface area contributed by atoms with E-state index in [0.29, 0.717) is 6.42 Å². The van der Waals surface area contributed by atoms with E-state index in [-0.39, 0.29) is 12.4 Å². The molecule has 0 saturated carbocycles. The molecule has 6 heteroatoms. The summed E-state index contributed by atoms with van der Waals surface area (Å²) < 4.78 is 0. The fourth-order valence-electron chi connectivity index (χ4n) is 1.06. The van der Waals surface area contributed by atoms with E-state index in [9.17, 15) is 4.79 Å². The van der Waals surface area contributed by atoms with Crippen LogP contribution in [0.3, 0.4) is 0 Å². The molecule has 0 aromatic heterocycles. The number of aliphatic carboxylic acids is 1. The van der Waals surface area contributed by atoms with Gasteiger partial charge in [-0.15, -0.1) is 12.4 Å². The van der Waals surface area contributed by atoms with Gasteiger partial charge in [0.2, 0.25) is 0 Å². The minimum absolute atomic E-state index is 0. The molecule has 0 fully saturated rings. The van der Waals surface area contributed by atoms with Gasteiger partial charge in [0.15, 0.2) is 0 Å². The molecule has 0 bridgehead atoms. The summed E-state index contributed by atoms with van der Waals surface area (Å²) in [7, 11) is 0. The van der Waals surface area contributed by atoms with Gasteiger partial charge in [-0.2, -0.15) is 0 Å². The molecule has 98 valence electrons. The first-order valence-corrected chi connectivity index (χ1v) is 5.14. The van der Waals surface area contributed by atoms with Gasteiger partial charge in [0, 0.05) is 6.42 Å². The minimum atomic E-state index is -1.83. The molecule has 0 aromatic carbocycles. The maximum absolute atomic E-state index is 10.1. The van der Waals surface area contributed by atoms with E-state index in [2.05, 4.69) is 6.92 Å². The van der Waals surface area contributed by atoms with Gasteiger partial charge >= 0.3 is 12.1 Å². The Hall–Kier alpha value is -0.970. The van der Waals surface area contributed by atoms with Crippen LogP contribution in [0.25, 0.3) is 0 Å². The molecule has 0 rings (SSSR count). The first kappa shape index (κ1) is 20.4. The van der Waals surface area contributed by atoms with E-state index in [0.717, 1.165) is 12.8 Å². The summed E-state index contributed by atoms with van der Waals surface area (Å²) in [6.07, 6.45) is 5.42. The number of unbranched alkanes of at least 4 members (excludes halogenated alkanes) is 5. The third-order valence-corrected chi connectivity index (χ3v) is 1.74. The summed E-state index contributed by atoms with van der Waals surface area (Å²) in [5, 5.41) is 22.3. The first-order chi connectivity index (χ1) is 7.00. The second-order valence-corrected chi connectivity index (χ2v) is 3.19. The monoisotopic (exact) mass is 256 g/mol. The van der Waals surface area contributed by atoms with Crippen molar-refractivity contribution in [1.29, 1.82) is 0 Å². The van der Waals surface area contributed by atoms with Gasteiger partial charge in [-0.1, -0.05) is 39.0 Å². The summed E-state index contributed by atoms with van der Waals surface area (Å²) in [6, 6.07) is 0. The molecule has 5 nitrogen and oxygen atoms in total. The van der Waals surface area contributed by atoms with Crippen molar-refractivity contribution in [2.75, 3.05) is 0 Å². The Kier molecular flexibility index (Phi) is 21.0. The van der Waals surface area contributed by atoms with Gasteiger partial charge in [-0.25, -0.2) is 4.79 Å². The van der Waals surface area contributed by atoms with Crippen molar-refractivity contribution in [2.24, 2.45) is 0 Å². The van der Waals surface area contributed by atoms with Gasteiger partial charge in [0.1, 0.15) is 0 Å². The molecule has 0 unspecified atom stereocenters. The average Bonchev–Trinajstić information content (AvgIpc) is 2.09.